The number of benzene rings is 2. The molecule has 2 aliphatic heterocycles. The molecular weight excluding hydrogens is 397 g/mol. The first-order valence-corrected chi connectivity index (χ1v) is 10.9. The molecule has 1 aliphatic carbocycles. The van der Waals surface area contributed by atoms with E-state index in [-0.39, 0.29) is 30.6 Å². The third kappa shape index (κ3) is 4.59. The van der Waals surface area contributed by atoms with E-state index >= 15 is 0 Å². The first kappa shape index (κ1) is 20.1. The molecule has 162 valence electrons. The Kier molecular flexibility index (Phi) is 5.64. The molecule has 6 heteroatoms. The molecule has 2 unspecified atom stereocenters. The van der Waals surface area contributed by atoms with Gasteiger partial charge in [-0.2, -0.15) is 0 Å². The van der Waals surface area contributed by atoms with Crippen LogP contribution in [-0.4, -0.2) is 42.9 Å². The molecule has 3 aliphatic rings. The van der Waals surface area contributed by atoms with Gasteiger partial charge in [-0.15, -0.1) is 0 Å². The zero-order valence-corrected chi connectivity index (χ0v) is 17.3. The summed E-state index contributed by atoms with van der Waals surface area (Å²) >= 11 is 0. The minimum atomic E-state index is -0.345. The van der Waals surface area contributed by atoms with Crippen LogP contribution in [0.1, 0.15) is 30.4 Å². The molecule has 1 saturated heterocycles. The summed E-state index contributed by atoms with van der Waals surface area (Å²) in [6, 6.07) is 13.9. The molecular formula is C25H26FNO4. The van der Waals surface area contributed by atoms with Gasteiger partial charge in [-0.1, -0.05) is 36.4 Å². The van der Waals surface area contributed by atoms with E-state index in [0.717, 1.165) is 16.7 Å². The number of amides is 1. The van der Waals surface area contributed by atoms with Crippen molar-refractivity contribution in [3.63, 3.8) is 0 Å². The van der Waals surface area contributed by atoms with Crippen molar-refractivity contribution in [2.24, 2.45) is 5.92 Å². The summed E-state index contributed by atoms with van der Waals surface area (Å²) in [4.78, 5) is 14.6. The van der Waals surface area contributed by atoms with Crippen molar-refractivity contribution in [1.82, 2.24) is 4.90 Å². The van der Waals surface area contributed by atoms with Crippen LogP contribution >= 0.6 is 0 Å². The van der Waals surface area contributed by atoms with Gasteiger partial charge in [-0.3, -0.25) is 4.90 Å². The van der Waals surface area contributed by atoms with Crippen LogP contribution in [0.2, 0.25) is 0 Å². The predicted octanol–water partition coefficient (Wildman–Crippen LogP) is 4.81. The number of carbonyl (C=O) groups is 1. The molecule has 0 N–H and O–H groups in total. The maximum Gasteiger partial charge on any atom is 0.411 e. The van der Waals surface area contributed by atoms with Crippen LogP contribution in [0.25, 0.3) is 5.57 Å². The highest BCUT2D eigenvalue weighted by Gasteiger charge is 2.39. The molecule has 0 aromatic heterocycles. The van der Waals surface area contributed by atoms with Crippen molar-refractivity contribution in [1.29, 1.82) is 0 Å². The SMILES string of the molecule is O=C(OCc1ccccc1)N1C2C=C(c3cc(F)ccc3OCC3CC3)CC1COC2. The van der Waals surface area contributed by atoms with Gasteiger partial charge in [0.1, 0.15) is 18.2 Å². The van der Waals surface area contributed by atoms with Crippen LogP contribution in [-0.2, 0) is 16.1 Å². The smallest absolute Gasteiger partial charge is 0.411 e. The fourth-order valence-corrected chi connectivity index (χ4v) is 4.25. The molecule has 1 amide bonds. The number of ether oxygens (including phenoxy) is 3. The van der Waals surface area contributed by atoms with Gasteiger partial charge in [0.2, 0.25) is 0 Å². The van der Waals surface area contributed by atoms with Crippen LogP contribution in [0.4, 0.5) is 9.18 Å². The van der Waals surface area contributed by atoms with E-state index in [2.05, 4.69) is 0 Å². The highest BCUT2D eigenvalue weighted by atomic mass is 19.1. The van der Waals surface area contributed by atoms with E-state index < -0.39 is 0 Å². The molecule has 2 fully saturated rings. The van der Waals surface area contributed by atoms with E-state index in [9.17, 15) is 9.18 Å². The Bertz CT molecular complexity index is 973. The Labute approximate surface area is 181 Å². The number of rotatable bonds is 6. The number of morpholine rings is 1. The maximum atomic E-state index is 14.1. The van der Waals surface area contributed by atoms with E-state index in [1.54, 1.807) is 11.0 Å². The molecule has 0 spiro atoms. The largest absolute Gasteiger partial charge is 0.493 e. The topological polar surface area (TPSA) is 48.0 Å². The van der Waals surface area contributed by atoms with Crippen molar-refractivity contribution in [2.45, 2.75) is 38.0 Å². The Morgan fingerprint density at radius 3 is 2.74 bits per heavy atom. The number of hydrogen-bond acceptors (Lipinski definition) is 4. The summed E-state index contributed by atoms with van der Waals surface area (Å²) < 4.78 is 31.4. The second-order valence-corrected chi connectivity index (χ2v) is 8.50. The standard InChI is InChI=1S/C25H26FNO4/c26-20-8-9-24(30-13-18-6-7-18)23(12-20)19-10-21-15-29-16-22(11-19)27(21)25(28)31-14-17-4-2-1-3-5-17/h1-5,8-10,12,18,21-22H,6-7,11,13-16H2. The van der Waals surface area contributed by atoms with Crippen LogP contribution in [0.15, 0.2) is 54.6 Å². The van der Waals surface area contributed by atoms with Gasteiger partial charge in [-0.05, 0) is 54.5 Å². The molecule has 2 aromatic carbocycles. The molecule has 1 saturated carbocycles. The third-order valence-corrected chi connectivity index (χ3v) is 6.07. The van der Waals surface area contributed by atoms with Crippen molar-refractivity contribution in [3.05, 3.63) is 71.6 Å². The lowest BCUT2D eigenvalue weighted by molar-refractivity contribution is -0.0342. The number of nitrogens with zero attached hydrogens (tertiary/aromatic N) is 1. The summed E-state index contributed by atoms with van der Waals surface area (Å²) in [5.74, 6) is 1.03. The minimum Gasteiger partial charge on any atom is -0.493 e. The lowest BCUT2D eigenvalue weighted by atomic mass is 9.89. The summed E-state index contributed by atoms with van der Waals surface area (Å²) in [7, 11) is 0. The Morgan fingerprint density at radius 1 is 1.13 bits per heavy atom. The molecule has 31 heavy (non-hydrogen) atoms. The van der Waals surface area contributed by atoms with Crippen molar-refractivity contribution >= 4 is 11.7 Å². The summed E-state index contributed by atoms with van der Waals surface area (Å²) in [6.07, 6.45) is 4.61. The van der Waals surface area contributed by atoms with Gasteiger partial charge in [-0.25, -0.2) is 9.18 Å². The number of carbonyl (C=O) groups excluding carboxylic acids is 1. The number of fused-ring (bicyclic) bond motifs is 2. The minimum absolute atomic E-state index is 0.151. The van der Waals surface area contributed by atoms with Gasteiger partial charge in [0, 0.05) is 5.56 Å². The van der Waals surface area contributed by atoms with Gasteiger partial charge in [0.05, 0.1) is 31.9 Å². The first-order valence-electron chi connectivity index (χ1n) is 10.9. The van der Waals surface area contributed by atoms with Gasteiger partial charge in [0.15, 0.2) is 0 Å². The number of hydrogen-bond donors (Lipinski definition) is 0. The average molecular weight is 423 g/mol. The zero-order chi connectivity index (χ0) is 21.2. The van der Waals surface area contributed by atoms with Crippen LogP contribution in [0, 0.1) is 11.7 Å². The molecule has 2 heterocycles. The second kappa shape index (κ2) is 8.71. The van der Waals surface area contributed by atoms with E-state index in [1.165, 1.54) is 25.0 Å². The van der Waals surface area contributed by atoms with Gasteiger partial charge >= 0.3 is 6.09 Å². The summed E-state index contributed by atoms with van der Waals surface area (Å²) in [5.41, 5.74) is 2.72. The monoisotopic (exact) mass is 423 g/mol. The van der Waals surface area contributed by atoms with E-state index in [0.29, 0.717) is 37.9 Å². The Balaban J connectivity index is 1.34. The normalized spacial score (nSPS) is 22.6. The fraction of sp³-hybridized carbons (Fsp3) is 0.400. The molecule has 2 atom stereocenters. The van der Waals surface area contributed by atoms with Crippen molar-refractivity contribution in [3.8, 4) is 5.75 Å². The molecule has 2 aromatic rings. The highest BCUT2D eigenvalue weighted by Crippen LogP contribution is 2.38. The first-order chi connectivity index (χ1) is 15.2. The second-order valence-electron chi connectivity index (χ2n) is 8.50. The third-order valence-electron chi connectivity index (χ3n) is 6.07. The Morgan fingerprint density at radius 2 is 1.97 bits per heavy atom. The quantitative estimate of drug-likeness (QED) is 0.669. The fourth-order valence-electron chi connectivity index (χ4n) is 4.25. The van der Waals surface area contributed by atoms with E-state index in [4.69, 9.17) is 14.2 Å². The Hall–Kier alpha value is -2.86. The van der Waals surface area contributed by atoms with Crippen LogP contribution in [0.5, 0.6) is 5.75 Å². The van der Waals surface area contributed by atoms with Gasteiger partial charge < -0.3 is 14.2 Å². The van der Waals surface area contributed by atoms with Crippen LogP contribution < -0.4 is 4.74 Å². The molecule has 2 bridgehead atoms. The van der Waals surface area contributed by atoms with Crippen molar-refractivity contribution < 1.29 is 23.4 Å². The highest BCUT2D eigenvalue weighted by molar-refractivity contribution is 5.76. The molecule has 0 radical (unpaired) electrons. The summed E-state index contributed by atoms with van der Waals surface area (Å²) in [5, 5.41) is 0. The molecule has 5 nitrogen and oxygen atoms in total. The maximum absolute atomic E-state index is 14.1. The molecule has 5 rings (SSSR count). The zero-order valence-electron chi connectivity index (χ0n) is 17.3. The average Bonchev–Trinajstić information content (AvgIpc) is 3.61. The van der Waals surface area contributed by atoms with Gasteiger partial charge in [0.25, 0.3) is 0 Å². The number of halogens is 1. The van der Waals surface area contributed by atoms with Crippen LogP contribution in [0.3, 0.4) is 0 Å². The predicted molar refractivity (Wildman–Crippen MR) is 114 cm³/mol. The van der Waals surface area contributed by atoms with Crippen molar-refractivity contribution in [2.75, 3.05) is 19.8 Å². The lowest BCUT2D eigenvalue weighted by Crippen LogP contribution is -2.56. The van der Waals surface area contributed by atoms with E-state index in [1.807, 2.05) is 36.4 Å². The summed E-state index contributed by atoms with van der Waals surface area (Å²) in [6.45, 7) is 1.73. The lowest BCUT2D eigenvalue weighted by Gasteiger charge is -2.43.